The van der Waals surface area contributed by atoms with Crippen molar-refractivity contribution in [3.05, 3.63) is 50.6 Å². The second kappa shape index (κ2) is 4.49. The Bertz CT molecular complexity index is 645. The number of aromatic amines is 2. The Kier molecular flexibility index (Phi) is 2.87. The Hall–Kier alpha value is -2.97. The first-order valence-electron chi connectivity index (χ1n) is 4.76. The molecule has 0 aliphatic rings. The Morgan fingerprint density at radius 2 is 2.28 bits per heavy atom. The van der Waals surface area contributed by atoms with Crippen LogP contribution < -0.4 is 10.9 Å². The fourth-order valence-electron chi connectivity index (χ4n) is 1.26. The summed E-state index contributed by atoms with van der Waals surface area (Å²) in [5, 5.41) is 19.0. The summed E-state index contributed by atoms with van der Waals surface area (Å²) < 4.78 is 0. The first-order chi connectivity index (χ1) is 8.58. The number of amides is 1. The van der Waals surface area contributed by atoms with E-state index >= 15 is 0 Å². The van der Waals surface area contributed by atoms with Crippen molar-refractivity contribution in [1.82, 2.24) is 15.2 Å². The highest BCUT2D eigenvalue weighted by atomic mass is 16.6. The number of hydrogen-bond donors (Lipinski definition) is 3. The average Bonchev–Trinajstić information content (AvgIpc) is 2.81. The monoisotopic (exact) mass is 249 g/mol. The number of H-pyrrole nitrogens is 2. The van der Waals surface area contributed by atoms with Crippen molar-refractivity contribution in [2.75, 3.05) is 5.32 Å². The summed E-state index contributed by atoms with van der Waals surface area (Å²) in [4.78, 5) is 35.1. The molecule has 92 valence electrons. The van der Waals surface area contributed by atoms with Crippen molar-refractivity contribution < 1.29 is 9.72 Å². The van der Waals surface area contributed by atoms with Crippen LogP contribution in [0, 0.1) is 10.1 Å². The zero-order valence-corrected chi connectivity index (χ0v) is 8.84. The zero-order valence-electron chi connectivity index (χ0n) is 8.84. The fraction of sp³-hybridized carbons (Fsp3) is 0. The number of anilines is 1. The molecule has 0 atom stereocenters. The second-order valence-corrected chi connectivity index (χ2v) is 3.28. The largest absolute Gasteiger partial charge is 0.322 e. The van der Waals surface area contributed by atoms with Crippen LogP contribution in [-0.2, 0) is 0 Å². The van der Waals surface area contributed by atoms with Gasteiger partial charge in [0.2, 0.25) is 0 Å². The predicted octanol–water partition coefficient (Wildman–Crippen LogP) is 0.258. The average molecular weight is 249 g/mol. The topological polar surface area (TPSA) is 134 Å². The van der Waals surface area contributed by atoms with Crippen LogP contribution in [0.2, 0.25) is 0 Å². The van der Waals surface area contributed by atoms with E-state index in [-0.39, 0.29) is 17.1 Å². The number of carbonyl (C=O) groups is 1. The number of nitrogens with zero attached hydrogens (tertiary/aromatic N) is 2. The van der Waals surface area contributed by atoms with Gasteiger partial charge in [-0.2, -0.15) is 5.10 Å². The third kappa shape index (κ3) is 2.24. The minimum absolute atomic E-state index is 0.283. The highest BCUT2D eigenvalue weighted by molar-refractivity contribution is 6.03. The maximum absolute atomic E-state index is 11.7. The molecule has 0 aliphatic carbocycles. The molecule has 0 fully saturated rings. The minimum atomic E-state index is -0.760. The van der Waals surface area contributed by atoms with Gasteiger partial charge in [-0.25, -0.2) is 0 Å². The highest BCUT2D eigenvalue weighted by Crippen LogP contribution is 2.09. The summed E-state index contributed by atoms with van der Waals surface area (Å²) in [6.45, 7) is 0. The smallest absolute Gasteiger partial charge is 0.286 e. The normalized spacial score (nSPS) is 10.0. The lowest BCUT2D eigenvalue weighted by atomic mass is 10.2. The van der Waals surface area contributed by atoms with Crippen LogP contribution in [0.4, 0.5) is 11.5 Å². The lowest BCUT2D eigenvalue weighted by Gasteiger charge is -2.01. The molecular formula is C9H7N5O4. The zero-order chi connectivity index (χ0) is 13.1. The van der Waals surface area contributed by atoms with Crippen molar-refractivity contribution in [2.45, 2.75) is 0 Å². The van der Waals surface area contributed by atoms with Gasteiger partial charge in [0.05, 0.1) is 17.3 Å². The number of carbonyl (C=O) groups excluding carboxylic acids is 1. The number of nitro groups is 1. The molecule has 0 aromatic carbocycles. The standard InChI is InChI=1S/C9H7N5O4/c15-8-6(3-5(4-10-8)14(17)18)9(16)12-7-1-2-11-13-7/h1-4H,(H,10,15)(H2,11,12,13,16). The first kappa shape index (κ1) is 11.5. The Morgan fingerprint density at radius 3 is 2.89 bits per heavy atom. The molecule has 2 rings (SSSR count). The van der Waals surface area contributed by atoms with Gasteiger partial charge in [-0.3, -0.25) is 24.8 Å². The molecule has 2 aromatic rings. The van der Waals surface area contributed by atoms with E-state index in [1.807, 2.05) is 0 Å². The number of nitrogens with one attached hydrogen (secondary N) is 3. The Morgan fingerprint density at radius 1 is 1.50 bits per heavy atom. The molecule has 0 unspecified atom stereocenters. The van der Waals surface area contributed by atoms with E-state index in [4.69, 9.17) is 0 Å². The fourth-order valence-corrected chi connectivity index (χ4v) is 1.26. The molecule has 1 amide bonds. The van der Waals surface area contributed by atoms with Gasteiger partial charge in [0, 0.05) is 12.1 Å². The molecule has 0 saturated carbocycles. The molecule has 2 aromatic heterocycles. The maximum atomic E-state index is 11.7. The third-order valence-corrected chi connectivity index (χ3v) is 2.09. The second-order valence-electron chi connectivity index (χ2n) is 3.28. The SMILES string of the molecule is O=C(Nc1ccn[nH]1)c1cc([N+](=O)[O-])c[nH]c1=O. The van der Waals surface area contributed by atoms with Crippen LogP contribution in [0.3, 0.4) is 0 Å². The van der Waals surface area contributed by atoms with Gasteiger partial charge in [0.15, 0.2) is 0 Å². The number of aromatic nitrogens is 3. The van der Waals surface area contributed by atoms with E-state index in [1.165, 1.54) is 12.3 Å². The summed E-state index contributed by atoms with van der Waals surface area (Å²) in [6, 6.07) is 2.38. The molecular weight excluding hydrogens is 242 g/mol. The maximum Gasteiger partial charge on any atom is 0.286 e. The summed E-state index contributed by atoms with van der Waals surface area (Å²) in [5.41, 5.74) is -1.43. The van der Waals surface area contributed by atoms with Crippen molar-refractivity contribution in [3.8, 4) is 0 Å². The first-order valence-corrected chi connectivity index (χ1v) is 4.76. The van der Waals surface area contributed by atoms with Gasteiger partial charge in [0.25, 0.3) is 17.2 Å². The van der Waals surface area contributed by atoms with E-state index in [0.29, 0.717) is 0 Å². The van der Waals surface area contributed by atoms with Crippen LogP contribution in [0.1, 0.15) is 10.4 Å². The van der Waals surface area contributed by atoms with Crippen LogP contribution in [0.5, 0.6) is 0 Å². The van der Waals surface area contributed by atoms with Crippen molar-refractivity contribution >= 4 is 17.4 Å². The van der Waals surface area contributed by atoms with Gasteiger partial charge < -0.3 is 10.3 Å². The predicted molar refractivity (Wildman–Crippen MR) is 60.3 cm³/mol. The molecule has 2 heterocycles. The summed E-state index contributed by atoms with van der Waals surface area (Å²) in [7, 11) is 0. The highest BCUT2D eigenvalue weighted by Gasteiger charge is 2.16. The summed E-state index contributed by atoms with van der Waals surface area (Å²) in [5.74, 6) is -0.477. The molecule has 0 aliphatic heterocycles. The minimum Gasteiger partial charge on any atom is -0.322 e. The van der Waals surface area contributed by atoms with Gasteiger partial charge in [-0.05, 0) is 0 Å². The quantitative estimate of drug-likeness (QED) is 0.529. The lowest BCUT2D eigenvalue weighted by Crippen LogP contribution is -2.23. The van der Waals surface area contributed by atoms with Crippen LogP contribution in [0.15, 0.2) is 29.3 Å². The Labute approximate surface area is 99.0 Å². The number of rotatable bonds is 3. The summed E-state index contributed by atoms with van der Waals surface area (Å²) >= 11 is 0. The van der Waals surface area contributed by atoms with Crippen LogP contribution in [0.25, 0.3) is 0 Å². The van der Waals surface area contributed by atoms with E-state index in [2.05, 4.69) is 20.5 Å². The van der Waals surface area contributed by atoms with Gasteiger partial charge in [-0.15, -0.1) is 0 Å². The molecule has 0 saturated heterocycles. The van der Waals surface area contributed by atoms with E-state index in [9.17, 15) is 19.7 Å². The number of pyridine rings is 1. The van der Waals surface area contributed by atoms with Crippen molar-refractivity contribution in [1.29, 1.82) is 0 Å². The van der Waals surface area contributed by atoms with E-state index in [1.54, 1.807) is 0 Å². The van der Waals surface area contributed by atoms with Crippen molar-refractivity contribution in [2.24, 2.45) is 0 Å². The number of hydrogen-bond acceptors (Lipinski definition) is 5. The Balaban J connectivity index is 2.32. The third-order valence-electron chi connectivity index (χ3n) is 2.09. The molecule has 0 radical (unpaired) electrons. The van der Waals surface area contributed by atoms with Gasteiger partial charge in [0.1, 0.15) is 11.4 Å². The van der Waals surface area contributed by atoms with Crippen LogP contribution >= 0.6 is 0 Å². The summed E-state index contributed by atoms with van der Waals surface area (Å²) in [6.07, 6.45) is 2.34. The lowest BCUT2D eigenvalue weighted by molar-refractivity contribution is -0.385. The molecule has 0 spiro atoms. The van der Waals surface area contributed by atoms with Gasteiger partial charge in [-0.1, -0.05) is 0 Å². The molecule has 9 nitrogen and oxygen atoms in total. The molecule has 3 N–H and O–H groups in total. The van der Waals surface area contributed by atoms with Crippen LogP contribution in [-0.4, -0.2) is 26.0 Å². The van der Waals surface area contributed by atoms with E-state index in [0.717, 1.165) is 12.3 Å². The van der Waals surface area contributed by atoms with Crippen molar-refractivity contribution in [3.63, 3.8) is 0 Å². The molecule has 18 heavy (non-hydrogen) atoms. The van der Waals surface area contributed by atoms with Gasteiger partial charge >= 0.3 is 0 Å². The van der Waals surface area contributed by atoms with E-state index < -0.39 is 16.4 Å². The molecule has 9 heteroatoms. The molecule has 0 bridgehead atoms.